The van der Waals surface area contributed by atoms with E-state index in [1.165, 1.54) is 6.92 Å². The molecule has 8 nitrogen and oxygen atoms in total. The highest BCUT2D eigenvalue weighted by Crippen LogP contribution is 2.24. The van der Waals surface area contributed by atoms with Crippen molar-refractivity contribution in [3.05, 3.63) is 42.2 Å². The first-order chi connectivity index (χ1) is 13.3. The van der Waals surface area contributed by atoms with Crippen LogP contribution in [0.15, 0.2) is 36.5 Å². The van der Waals surface area contributed by atoms with E-state index in [0.717, 1.165) is 21.8 Å². The minimum absolute atomic E-state index is 0.176. The number of aromatic amines is 1. The van der Waals surface area contributed by atoms with Gasteiger partial charge >= 0.3 is 5.97 Å². The Balaban J connectivity index is 1.75. The Labute approximate surface area is 161 Å². The number of hydrogen-bond acceptors (Lipinski definition) is 4. The fourth-order valence-electron chi connectivity index (χ4n) is 3.00. The molecule has 2 aromatic heterocycles. The first-order valence-corrected chi connectivity index (χ1v) is 8.98. The molecule has 2 heterocycles. The molecule has 0 saturated heterocycles. The first kappa shape index (κ1) is 19.3. The number of carboxylic acids is 1. The number of hydrogen-bond donors (Lipinski definition) is 4. The summed E-state index contributed by atoms with van der Waals surface area (Å²) in [6.07, 6.45) is 1.58. The van der Waals surface area contributed by atoms with Crippen LogP contribution in [0, 0.1) is 5.92 Å². The van der Waals surface area contributed by atoms with Crippen LogP contribution < -0.4 is 10.6 Å². The molecule has 146 valence electrons. The lowest BCUT2D eigenvalue weighted by Gasteiger charge is -2.21. The quantitative estimate of drug-likeness (QED) is 0.519. The van der Waals surface area contributed by atoms with Gasteiger partial charge in [0.25, 0.3) is 5.91 Å². The van der Waals surface area contributed by atoms with Crippen LogP contribution in [-0.4, -0.2) is 44.9 Å². The van der Waals surface area contributed by atoms with Crippen molar-refractivity contribution in [1.29, 1.82) is 0 Å². The van der Waals surface area contributed by atoms with Gasteiger partial charge in [-0.05, 0) is 25.0 Å². The molecule has 1 aromatic carbocycles. The van der Waals surface area contributed by atoms with Gasteiger partial charge in [0, 0.05) is 16.3 Å². The van der Waals surface area contributed by atoms with Crippen LogP contribution in [0.2, 0.25) is 0 Å². The Bertz CT molecular complexity index is 1060. The summed E-state index contributed by atoms with van der Waals surface area (Å²) in [6, 6.07) is 7.46. The molecule has 0 aliphatic carbocycles. The van der Waals surface area contributed by atoms with E-state index in [9.17, 15) is 19.5 Å². The van der Waals surface area contributed by atoms with E-state index in [1.807, 2.05) is 24.3 Å². The van der Waals surface area contributed by atoms with Crippen molar-refractivity contribution < 1.29 is 19.5 Å². The summed E-state index contributed by atoms with van der Waals surface area (Å²) in [5.41, 5.74) is 1.93. The molecule has 0 radical (unpaired) electrons. The van der Waals surface area contributed by atoms with Gasteiger partial charge in [0.05, 0.1) is 11.7 Å². The number of carbonyl (C=O) groups excluding carboxylic acids is 2. The number of nitrogens with one attached hydrogen (secondary N) is 3. The third kappa shape index (κ3) is 3.80. The highest BCUT2D eigenvalue weighted by molar-refractivity contribution is 6.09. The molecule has 0 saturated carbocycles. The number of H-pyrrole nitrogens is 1. The average molecular weight is 382 g/mol. The number of carbonyl (C=O) groups is 3. The minimum atomic E-state index is -1.12. The molecule has 0 aliphatic heterocycles. The summed E-state index contributed by atoms with van der Waals surface area (Å²) in [4.78, 5) is 43.4. The molecule has 4 N–H and O–H groups in total. The second-order valence-corrected chi connectivity index (χ2v) is 7.05. The Morgan fingerprint density at radius 2 is 1.75 bits per heavy atom. The van der Waals surface area contributed by atoms with Crippen molar-refractivity contribution in [2.24, 2.45) is 5.92 Å². The molecule has 28 heavy (non-hydrogen) atoms. The normalized spacial score (nSPS) is 13.4. The molecular formula is C20H22N4O4. The molecule has 3 rings (SSSR count). The third-order valence-corrected chi connectivity index (χ3v) is 4.59. The van der Waals surface area contributed by atoms with Crippen molar-refractivity contribution in [3.8, 4) is 0 Å². The predicted molar refractivity (Wildman–Crippen MR) is 105 cm³/mol. The average Bonchev–Trinajstić information content (AvgIpc) is 3.03. The smallest absolute Gasteiger partial charge is 0.326 e. The maximum absolute atomic E-state index is 12.5. The highest BCUT2D eigenvalue weighted by atomic mass is 16.4. The van der Waals surface area contributed by atoms with Crippen molar-refractivity contribution in [3.63, 3.8) is 0 Å². The summed E-state index contributed by atoms with van der Waals surface area (Å²) in [7, 11) is 0. The van der Waals surface area contributed by atoms with E-state index in [2.05, 4.69) is 20.6 Å². The van der Waals surface area contributed by atoms with Gasteiger partial charge in [0.1, 0.15) is 17.8 Å². The lowest BCUT2D eigenvalue weighted by Crippen LogP contribution is -2.52. The van der Waals surface area contributed by atoms with Crippen molar-refractivity contribution in [2.75, 3.05) is 0 Å². The topological polar surface area (TPSA) is 124 Å². The SMILES string of the molecule is CC(NC(=O)c1cc2c(cn1)[nH]c1ccccc12)C(=O)NC(C(=O)O)C(C)C. The Morgan fingerprint density at radius 1 is 1.04 bits per heavy atom. The van der Waals surface area contributed by atoms with Crippen molar-refractivity contribution in [1.82, 2.24) is 20.6 Å². The number of para-hydroxylation sites is 1. The zero-order valence-electron chi connectivity index (χ0n) is 15.8. The molecule has 0 bridgehead atoms. The summed E-state index contributed by atoms with van der Waals surface area (Å²) >= 11 is 0. The van der Waals surface area contributed by atoms with E-state index < -0.39 is 29.9 Å². The van der Waals surface area contributed by atoms with Gasteiger partial charge in [-0.15, -0.1) is 0 Å². The van der Waals surface area contributed by atoms with Gasteiger partial charge in [-0.25, -0.2) is 9.78 Å². The number of nitrogens with zero attached hydrogens (tertiary/aromatic N) is 1. The van der Waals surface area contributed by atoms with Crippen LogP contribution in [-0.2, 0) is 9.59 Å². The fourth-order valence-corrected chi connectivity index (χ4v) is 3.00. The number of carboxylic acid groups (broad SMARTS) is 1. The van der Waals surface area contributed by atoms with Crippen LogP contribution >= 0.6 is 0 Å². The Kier molecular flexibility index (Phi) is 5.30. The second kappa shape index (κ2) is 7.67. The molecule has 3 aromatic rings. The molecule has 0 aliphatic rings. The van der Waals surface area contributed by atoms with Crippen LogP contribution in [0.25, 0.3) is 21.8 Å². The highest BCUT2D eigenvalue weighted by Gasteiger charge is 2.26. The molecule has 2 atom stereocenters. The standard InChI is InChI=1S/C20H22N4O4/c1-10(2)17(20(27)28)24-18(25)11(3)22-19(26)15-8-13-12-6-4-5-7-14(12)23-16(13)9-21-15/h4-11,17,23H,1-3H3,(H,22,26)(H,24,25)(H,27,28). The van der Waals surface area contributed by atoms with E-state index in [-0.39, 0.29) is 11.6 Å². The molecule has 2 unspecified atom stereocenters. The number of pyridine rings is 1. The van der Waals surface area contributed by atoms with Crippen LogP contribution in [0.5, 0.6) is 0 Å². The zero-order chi connectivity index (χ0) is 20.4. The van der Waals surface area contributed by atoms with E-state index >= 15 is 0 Å². The van der Waals surface area contributed by atoms with Gasteiger partial charge < -0.3 is 20.7 Å². The zero-order valence-corrected chi connectivity index (χ0v) is 15.8. The van der Waals surface area contributed by atoms with Gasteiger partial charge in [-0.2, -0.15) is 0 Å². The van der Waals surface area contributed by atoms with Crippen molar-refractivity contribution >= 4 is 39.6 Å². The second-order valence-electron chi connectivity index (χ2n) is 7.05. The first-order valence-electron chi connectivity index (χ1n) is 8.98. The van der Waals surface area contributed by atoms with E-state index in [1.54, 1.807) is 26.1 Å². The van der Waals surface area contributed by atoms with Gasteiger partial charge in [0.15, 0.2) is 0 Å². The monoisotopic (exact) mass is 382 g/mol. The van der Waals surface area contributed by atoms with Crippen LogP contribution in [0.4, 0.5) is 0 Å². The number of amides is 2. The van der Waals surface area contributed by atoms with E-state index in [4.69, 9.17) is 0 Å². The molecular weight excluding hydrogens is 360 g/mol. The predicted octanol–water partition coefficient (Wildman–Crippen LogP) is 2.06. The number of aliphatic carboxylic acids is 1. The summed E-state index contributed by atoms with van der Waals surface area (Å²) < 4.78 is 0. The lowest BCUT2D eigenvalue weighted by molar-refractivity contribution is -0.143. The maximum Gasteiger partial charge on any atom is 0.326 e. The Hall–Kier alpha value is -3.42. The van der Waals surface area contributed by atoms with Crippen LogP contribution in [0.1, 0.15) is 31.3 Å². The Morgan fingerprint density at radius 3 is 2.43 bits per heavy atom. The fraction of sp³-hybridized carbons (Fsp3) is 0.300. The molecule has 8 heteroatoms. The number of rotatable bonds is 6. The number of fused-ring (bicyclic) bond motifs is 3. The maximum atomic E-state index is 12.5. The lowest BCUT2D eigenvalue weighted by atomic mass is 10.0. The van der Waals surface area contributed by atoms with Crippen LogP contribution in [0.3, 0.4) is 0 Å². The van der Waals surface area contributed by atoms with Crippen molar-refractivity contribution in [2.45, 2.75) is 32.9 Å². The minimum Gasteiger partial charge on any atom is -0.480 e. The molecule has 0 spiro atoms. The summed E-state index contributed by atoms with van der Waals surface area (Å²) in [6.45, 7) is 4.89. The van der Waals surface area contributed by atoms with Gasteiger partial charge in [-0.3, -0.25) is 9.59 Å². The van der Waals surface area contributed by atoms with E-state index in [0.29, 0.717) is 0 Å². The molecule has 0 fully saturated rings. The number of benzene rings is 1. The number of aromatic nitrogens is 2. The van der Waals surface area contributed by atoms with Gasteiger partial charge in [-0.1, -0.05) is 32.0 Å². The molecule has 2 amide bonds. The summed E-state index contributed by atoms with van der Waals surface area (Å²) in [5.74, 6) is -2.47. The van der Waals surface area contributed by atoms with Gasteiger partial charge in [0.2, 0.25) is 5.91 Å². The summed E-state index contributed by atoms with van der Waals surface area (Å²) in [5, 5.41) is 16.0. The third-order valence-electron chi connectivity index (χ3n) is 4.59. The largest absolute Gasteiger partial charge is 0.480 e.